The van der Waals surface area contributed by atoms with Crippen LogP contribution in [-0.2, 0) is 11.3 Å². The largest absolute Gasteiger partial charge is 0.573 e. The Labute approximate surface area is 227 Å². The van der Waals surface area contributed by atoms with Crippen molar-refractivity contribution in [3.8, 4) is 11.5 Å². The van der Waals surface area contributed by atoms with Gasteiger partial charge < -0.3 is 23.9 Å². The average Bonchev–Trinajstić information content (AvgIpc) is 3.13. The summed E-state index contributed by atoms with van der Waals surface area (Å²) in [6, 6.07) is 16.8. The molecule has 1 aromatic heterocycles. The van der Waals surface area contributed by atoms with Gasteiger partial charge in [-0.3, -0.25) is 4.79 Å². The minimum atomic E-state index is -4.89. The highest BCUT2D eigenvalue weighted by Gasteiger charge is 2.32. The van der Waals surface area contributed by atoms with Crippen molar-refractivity contribution in [1.29, 1.82) is 0 Å². The number of aliphatic carboxylic acids is 1. The summed E-state index contributed by atoms with van der Waals surface area (Å²) >= 11 is 5.97. The quantitative estimate of drug-likeness (QED) is 0.233. The molecule has 0 saturated carbocycles. The Morgan fingerprint density at radius 2 is 1.64 bits per heavy atom. The molecule has 0 radical (unpaired) electrons. The van der Waals surface area contributed by atoms with Gasteiger partial charge in [-0.2, -0.15) is 0 Å². The topological polar surface area (TPSA) is 80.6 Å². The van der Waals surface area contributed by atoms with Crippen molar-refractivity contribution >= 4 is 34.3 Å². The number of alkyl halides is 3. The predicted octanol–water partition coefficient (Wildman–Crippen LogP) is 6.08. The molecule has 1 unspecified atom stereocenters. The van der Waals surface area contributed by atoms with Crippen LogP contribution in [0.1, 0.15) is 47.4 Å². The van der Waals surface area contributed by atoms with Gasteiger partial charge in [-0.05, 0) is 74.4 Å². The van der Waals surface area contributed by atoms with Crippen molar-refractivity contribution in [3.05, 3.63) is 94.1 Å². The van der Waals surface area contributed by atoms with E-state index in [0.29, 0.717) is 38.3 Å². The summed E-state index contributed by atoms with van der Waals surface area (Å²) < 4.78 is 50.5. The summed E-state index contributed by atoms with van der Waals surface area (Å²) in [6.45, 7) is 4.93. The number of aromatic nitrogens is 1. The molecule has 39 heavy (non-hydrogen) atoms. The average molecular weight is 559 g/mol. The van der Waals surface area contributed by atoms with Crippen molar-refractivity contribution in [2.75, 3.05) is 0 Å². The summed E-state index contributed by atoms with van der Waals surface area (Å²) in [6.07, 6.45) is -4.72. The van der Waals surface area contributed by atoms with E-state index < -0.39 is 23.7 Å². The Morgan fingerprint density at radius 1 is 0.974 bits per heavy atom. The lowest BCUT2D eigenvalue weighted by molar-refractivity contribution is -0.321. The van der Waals surface area contributed by atoms with E-state index in [4.69, 9.17) is 16.3 Å². The molecule has 1 heterocycles. The third-order valence-electron chi connectivity index (χ3n) is 6.55. The summed E-state index contributed by atoms with van der Waals surface area (Å²) in [4.78, 5) is 25.1. The van der Waals surface area contributed by atoms with Crippen LogP contribution in [0.4, 0.5) is 13.2 Å². The fourth-order valence-electron chi connectivity index (χ4n) is 4.30. The molecule has 0 amide bonds. The molecule has 0 N–H and O–H groups in total. The first-order chi connectivity index (χ1) is 18.3. The minimum absolute atomic E-state index is 0.150. The highest BCUT2D eigenvalue weighted by molar-refractivity contribution is 6.30. The van der Waals surface area contributed by atoms with Gasteiger partial charge in [0.1, 0.15) is 17.1 Å². The lowest BCUT2D eigenvalue weighted by Crippen LogP contribution is -2.49. The van der Waals surface area contributed by atoms with Crippen molar-refractivity contribution in [3.63, 3.8) is 0 Å². The van der Waals surface area contributed by atoms with Crippen molar-refractivity contribution < 1.29 is 37.3 Å². The minimum Gasteiger partial charge on any atom is -0.546 e. The number of benzene rings is 3. The van der Waals surface area contributed by atoms with Gasteiger partial charge >= 0.3 is 6.36 Å². The highest BCUT2D eigenvalue weighted by Crippen LogP contribution is 2.34. The lowest BCUT2D eigenvalue weighted by Gasteiger charge is -2.30. The number of hydrogen-bond donors (Lipinski definition) is 0. The molecule has 0 aliphatic carbocycles. The molecule has 4 aromatic rings. The first-order valence-electron chi connectivity index (χ1n) is 12.0. The summed E-state index contributed by atoms with van der Waals surface area (Å²) in [7, 11) is 0. The van der Waals surface area contributed by atoms with Gasteiger partial charge in [-0.15, -0.1) is 13.2 Å². The zero-order valence-electron chi connectivity index (χ0n) is 21.3. The predicted molar refractivity (Wildman–Crippen MR) is 138 cm³/mol. The number of carboxylic acid groups (broad SMARTS) is 1. The lowest BCUT2D eigenvalue weighted by atomic mass is 10.0. The molecule has 10 heteroatoms. The first kappa shape index (κ1) is 28.0. The number of fused-ring (bicyclic) bond motifs is 1. The molecule has 4 rings (SSSR count). The fraction of sp³-hybridized carbons (Fsp3) is 0.241. The fourth-order valence-corrected chi connectivity index (χ4v) is 4.42. The second-order valence-corrected chi connectivity index (χ2v) is 9.67. The van der Waals surface area contributed by atoms with Crippen LogP contribution in [0, 0.1) is 6.92 Å². The van der Waals surface area contributed by atoms with E-state index in [0.717, 1.165) is 6.07 Å². The van der Waals surface area contributed by atoms with Crippen molar-refractivity contribution in [1.82, 2.24) is 4.57 Å². The van der Waals surface area contributed by atoms with Crippen LogP contribution < -0.4 is 14.6 Å². The SMILES string of the molecule is CCC(C)(Oc1cccc(Cn2c(C)c(C(=O)c3ccc(Cl)cc3)c3ccc(OC(F)(F)F)cc32)c1)C(=O)[O-]. The second kappa shape index (κ2) is 10.6. The van der Waals surface area contributed by atoms with E-state index in [1.165, 1.54) is 19.1 Å². The van der Waals surface area contributed by atoms with E-state index in [2.05, 4.69) is 4.74 Å². The molecule has 0 aliphatic rings. The Balaban J connectivity index is 1.81. The maximum Gasteiger partial charge on any atom is 0.573 e. The van der Waals surface area contributed by atoms with E-state index >= 15 is 0 Å². The first-order valence-corrected chi connectivity index (χ1v) is 12.4. The molecule has 204 valence electrons. The van der Waals surface area contributed by atoms with Gasteiger partial charge in [0.2, 0.25) is 0 Å². The van der Waals surface area contributed by atoms with Gasteiger partial charge in [-0.1, -0.05) is 30.7 Å². The van der Waals surface area contributed by atoms with Crippen LogP contribution in [0.15, 0.2) is 66.7 Å². The van der Waals surface area contributed by atoms with Gasteiger partial charge in [0, 0.05) is 34.3 Å². The molecule has 3 aromatic carbocycles. The third-order valence-corrected chi connectivity index (χ3v) is 6.80. The van der Waals surface area contributed by atoms with Crippen LogP contribution in [0.25, 0.3) is 10.9 Å². The van der Waals surface area contributed by atoms with Crippen LogP contribution in [-0.4, -0.2) is 28.3 Å². The van der Waals surface area contributed by atoms with Gasteiger partial charge in [0.15, 0.2) is 5.78 Å². The molecular weight excluding hydrogens is 535 g/mol. The summed E-state index contributed by atoms with van der Waals surface area (Å²) in [5.74, 6) is -1.81. The van der Waals surface area contributed by atoms with E-state index in [-0.39, 0.29) is 24.5 Å². The molecule has 0 aliphatic heterocycles. The Hall–Kier alpha value is -3.98. The number of hydrogen-bond acceptors (Lipinski definition) is 5. The number of ketones is 1. The zero-order valence-corrected chi connectivity index (χ0v) is 22.0. The van der Waals surface area contributed by atoms with Crippen LogP contribution in [0.5, 0.6) is 11.5 Å². The normalized spacial score (nSPS) is 13.2. The van der Waals surface area contributed by atoms with Crippen LogP contribution >= 0.6 is 11.6 Å². The van der Waals surface area contributed by atoms with Gasteiger partial charge in [0.05, 0.1) is 17.0 Å². The standard InChI is InChI=1S/C29H25ClF3NO5/c1-4-28(3,27(36)37)38-21-7-5-6-18(14-21)16-34-17(2)25(26(35)19-8-10-20(30)11-9-19)23-13-12-22(15-24(23)34)39-29(31,32)33/h5-15H,4,16H2,1-3H3,(H,36,37)/p-1. The van der Waals surface area contributed by atoms with Crippen LogP contribution in [0.3, 0.4) is 0 Å². The maximum absolute atomic E-state index is 13.5. The number of rotatable bonds is 9. The van der Waals surface area contributed by atoms with E-state index in [9.17, 15) is 27.9 Å². The Kier molecular flexibility index (Phi) is 7.66. The van der Waals surface area contributed by atoms with Crippen LogP contribution in [0.2, 0.25) is 5.02 Å². The Morgan fingerprint density at radius 3 is 2.26 bits per heavy atom. The summed E-state index contributed by atoms with van der Waals surface area (Å²) in [5, 5.41) is 12.5. The summed E-state index contributed by atoms with van der Waals surface area (Å²) in [5.41, 5.74) is 0.690. The maximum atomic E-state index is 13.5. The highest BCUT2D eigenvalue weighted by atomic mass is 35.5. The molecule has 0 saturated heterocycles. The number of carboxylic acids is 1. The molecular formula is C29H24ClF3NO5-. The molecule has 0 fully saturated rings. The molecule has 0 bridgehead atoms. The van der Waals surface area contributed by atoms with E-state index in [1.54, 1.807) is 66.9 Å². The molecule has 0 spiro atoms. The van der Waals surface area contributed by atoms with Gasteiger partial charge in [-0.25, -0.2) is 0 Å². The van der Waals surface area contributed by atoms with E-state index in [1.807, 2.05) is 0 Å². The number of ether oxygens (including phenoxy) is 2. The zero-order chi connectivity index (χ0) is 28.5. The smallest absolute Gasteiger partial charge is 0.546 e. The number of carbonyl (C=O) groups is 2. The number of nitrogens with zero attached hydrogens (tertiary/aromatic N) is 1. The monoisotopic (exact) mass is 558 g/mol. The number of carbonyl (C=O) groups excluding carboxylic acids is 2. The molecule has 6 nitrogen and oxygen atoms in total. The molecule has 1 atom stereocenters. The van der Waals surface area contributed by atoms with Crippen molar-refractivity contribution in [2.24, 2.45) is 0 Å². The Bertz CT molecular complexity index is 1550. The third kappa shape index (κ3) is 6.04. The van der Waals surface area contributed by atoms with Crippen molar-refractivity contribution in [2.45, 2.75) is 45.7 Å². The van der Waals surface area contributed by atoms with Gasteiger partial charge in [0.25, 0.3) is 0 Å². The number of halogens is 4. The second-order valence-electron chi connectivity index (χ2n) is 9.23.